The maximum absolute atomic E-state index is 13.8. The van der Waals surface area contributed by atoms with Crippen LogP contribution in [-0.4, -0.2) is 109 Å². The third-order valence-electron chi connectivity index (χ3n) is 15.3. The molecule has 4 saturated heterocycles. The summed E-state index contributed by atoms with van der Waals surface area (Å²) in [6.07, 6.45) is 3.43. The normalized spacial score (nSPS) is 20.6. The largest absolute Gasteiger partial charge is 0.451 e. The second-order valence-corrected chi connectivity index (χ2v) is 26.5. The number of amides is 3. The van der Waals surface area contributed by atoms with Crippen molar-refractivity contribution < 1.29 is 64.7 Å². The van der Waals surface area contributed by atoms with Gasteiger partial charge in [-0.3, -0.25) is 34.5 Å². The number of ether oxygens (including phenoxy) is 3. The number of esters is 3. The lowest BCUT2D eigenvalue weighted by Gasteiger charge is -2.38. The number of azide groups is 1. The molecule has 0 bridgehead atoms. The van der Waals surface area contributed by atoms with Crippen LogP contribution in [0.5, 0.6) is 5.75 Å². The zero-order valence-corrected chi connectivity index (χ0v) is 48.1. The first-order chi connectivity index (χ1) is 41.5. The lowest BCUT2D eigenvalue weighted by molar-refractivity contribution is -0.384. The third-order valence-corrected chi connectivity index (χ3v) is 20.8. The Morgan fingerprint density at radius 1 is 0.598 bits per heavy atom. The summed E-state index contributed by atoms with van der Waals surface area (Å²) < 4.78 is 68.8. The van der Waals surface area contributed by atoms with E-state index in [0.717, 1.165) is 9.80 Å². The Hall–Kier alpha value is -10.5. The average molecular weight is 1210 g/mol. The standard InChI is InChI=1S/C34H27N3O9S.C28H23N5O6S/c1-34(2)29(33(40)46-28(21-9-5-3-6-10-21)22-11-7-4-8-12-22)36-30(38)27(31(36)47(34,43)44)20-24-19-23(17-18-35-24)32(39)45-26-15-13-25(14-16-26)37(41)42;1-28(2)23(27(36)39-22(17-9-5-3-6-10-17)18-11-7-4-8-12-18)33-25(35)21(26(33)40(28,37)38)16-20-15-19(13-14-30-20)24(34)31-32-29/h3-20,28-29,31H,1-2H3;3-16,22-23,26H,1-2H3/b27-20-;21-16-/t29-,31+;23-,26+/m00/s1. The quantitative estimate of drug-likeness (QED) is 0.0113. The fraction of sp³-hybridized carbons (Fsp3) is 0.194. The molecule has 6 heterocycles. The number of nitro benzene ring substituents is 1. The van der Waals surface area contributed by atoms with Crippen LogP contribution in [0.2, 0.25) is 0 Å². The summed E-state index contributed by atoms with van der Waals surface area (Å²) >= 11 is 0. The summed E-state index contributed by atoms with van der Waals surface area (Å²) in [6, 6.07) is 43.5. The SMILES string of the molecule is CC1(C)[C@H](C(=O)OC(c2ccccc2)c2ccccc2)N2C(=O)/C(=C/c3cc(C(=O)N=[N+]=[N-])ccn3)[C@H]2S1(=O)=O.CC1(C)[C@H](C(=O)OC(c2ccccc2)c2ccccc2)N2C(=O)/C(=C/c3cc(C(=O)Oc4ccc([N+](=O)[O-])cc4)ccn3)[C@H]2S1(=O)=O. The van der Waals surface area contributed by atoms with Crippen molar-refractivity contribution in [1.82, 2.24) is 19.8 Å². The molecule has 440 valence electrons. The summed E-state index contributed by atoms with van der Waals surface area (Å²) in [6.45, 7) is 5.58. The van der Waals surface area contributed by atoms with Crippen molar-refractivity contribution in [3.8, 4) is 5.75 Å². The van der Waals surface area contributed by atoms with Crippen molar-refractivity contribution in [3.63, 3.8) is 0 Å². The van der Waals surface area contributed by atoms with Gasteiger partial charge in [0.1, 0.15) is 15.2 Å². The summed E-state index contributed by atoms with van der Waals surface area (Å²) in [7, 11) is -8.22. The zero-order valence-electron chi connectivity index (χ0n) is 46.5. The van der Waals surface area contributed by atoms with Gasteiger partial charge >= 0.3 is 17.9 Å². The number of non-ortho nitro benzene ring substituents is 1. The Balaban J connectivity index is 0.000000195. The summed E-state index contributed by atoms with van der Waals surface area (Å²) in [5.41, 5.74) is 11.2. The first kappa shape index (κ1) is 59.7. The monoisotopic (exact) mass is 1210 g/mol. The van der Waals surface area contributed by atoms with Crippen molar-refractivity contribution in [2.45, 2.75) is 72.2 Å². The molecule has 23 nitrogen and oxygen atoms in total. The number of nitrogens with zero attached hydrogens (tertiary/aromatic N) is 8. The van der Waals surface area contributed by atoms with Crippen molar-refractivity contribution in [3.05, 3.63) is 259 Å². The number of β-lactam (4-membered cyclic amide) rings is 2. The minimum Gasteiger partial charge on any atom is -0.451 e. The molecule has 4 aliphatic heterocycles. The molecule has 0 N–H and O–H groups in total. The van der Waals surface area contributed by atoms with Crippen LogP contribution >= 0.6 is 0 Å². The molecular weight excluding hydrogens is 1160 g/mol. The Morgan fingerprint density at radius 2 is 0.966 bits per heavy atom. The van der Waals surface area contributed by atoms with E-state index in [1.807, 2.05) is 24.3 Å². The van der Waals surface area contributed by atoms with E-state index in [2.05, 4.69) is 20.0 Å². The fourth-order valence-electron chi connectivity index (χ4n) is 10.7. The molecule has 0 unspecified atom stereocenters. The Kier molecular flexibility index (Phi) is 16.1. The molecule has 4 atom stereocenters. The van der Waals surface area contributed by atoms with E-state index in [4.69, 9.17) is 19.7 Å². The number of fused-ring (bicyclic) bond motifs is 2. The maximum atomic E-state index is 13.8. The molecule has 11 rings (SSSR count). The number of aromatic nitrogens is 2. The van der Waals surface area contributed by atoms with Crippen molar-refractivity contribution in [2.24, 2.45) is 5.11 Å². The second-order valence-electron chi connectivity index (χ2n) is 21.3. The third kappa shape index (κ3) is 11.0. The Labute approximate surface area is 497 Å². The number of nitro groups is 1. The number of hydrogen-bond donors (Lipinski definition) is 0. The molecule has 25 heteroatoms. The van der Waals surface area contributed by atoms with Gasteiger partial charge in [-0.15, -0.1) is 0 Å². The highest BCUT2D eigenvalue weighted by atomic mass is 32.2. The van der Waals surface area contributed by atoms with E-state index < -0.39 is 105 Å². The lowest BCUT2D eigenvalue weighted by atomic mass is 9.94. The van der Waals surface area contributed by atoms with Gasteiger partial charge < -0.3 is 24.0 Å². The highest BCUT2D eigenvalue weighted by Gasteiger charge is 2.72. The minimum atomic E-state index is -4.14. The van der Waals surface area contributed by atoms with E-state index in [-0.39, 0.29) is 45.1 Å². The minimum absolute atomic E-state index is 0.0206. The van der Waals surface area contributed by atoms with Gasteiger partial charge in [-0.1, -0.05) is 121 Å². The van der Waals surface area contributed by atoms with E-state index in [1.165, 1.54) is 101 Å². The van der Waals surface area contributed by atoms with Crippen LogP contribution in [0.15, 0.2) is 199 Å². The number of carbonyl (C=O) groups is 6. The van der Waals surface area contributed by atoms with E-state index >= 15 is 0 Å². The van der Waals surface area contributed by atoms with Crippen LogP contribution in [0.3, 0.4) is 0 Å². The van der Waals surface area contributed by atoms with Gasteiger partial charge in [0.15, 0.2) is 54.7 Å². The molecule has 2 aromatic heterocycles. The summed E-state index contributed by atoms with van der Waals surface area (Å²) in [5, 5.41) is 11.1. The van der Waals surface area contributed by atoms with Crippen LogP contribution in [0.25, 0.3) is 22.6 Å². The van der Waals surface area contributed by atoms with Crippen molar-refractivity contribution in [2.75, 3.05) is 0 Å². The molecule has 3 amide bonds. The number of carbonyl (C=O) groups excluding carboxylic acids is 6. The average Bonchev–Trinajstić information content (AvgIpc) is 1.54. The van der Waals surface area contributed by atoms with Gasteiger partial charge in [0.05, 0.1) is 33.0 Å². The zero-order chi connectivity index (χ0) is 62.2. The molecule has 0 aliphatic carbocycles. The van der Waals surface area contributed by atoms with Gasteiger partial charge in [-0.05, 0) is 109 Å². The van der Waals surface area contributed by atoms with Crippen LogP contribution in [0, 0.1) is 10.1 Å². The molecule has 4 fully saturated rings. The smallest absolute Gasteiger partial charge is 0.343 e. The van der Waals surface area contributed by atoms with Gasteiger partial charge in [0, 0.05) is 35.0 Å². The van der Waals surface area contributed by atoms with Crippen LogP contribution in [-0.2, 0) is 48.3 Å². The van der Waals surface area contributed by atoms with Crippen molar-refractivity contribution in [1.29, 1.82) is 0 Å². The number of benzene rings is 5. The van der Waals surface area contributed by atoms with E-state index in [1.54, 1.807) is 97.1 Å². The molecule has 7 aromatic rings. The predicted octanol–water partition coefficient (Wildman–Crippen LogP) is 8.66. The predicted molar refractivity (Wildman–Crippen MR) is 312 cm³/mol. The van der Waals surface area contributed by atoms with Gasteiger partial charge in [-0.25, -0.2) is 31.2 Å². The first-order valence-electron chi connectivity index (χ1n) is 26.6. The van der Waals surface area contributed by atoms with Crippen molar-refractivity contribution >= 4 is 73.1 Å². The number of pyridine rings is 2. The van der Waals surface area contributed by atoms with E-state index in [9.17, 15) is 55.7 Å². The Bertz CT molecular complexity index is 4200. The highest BCUT2D eigenvalue weighted by Crippen LogP contribution is 2.51. The highest BCUT2D eigenvalue weighted by molar-refractivity contribution is 7.94. The molecule has 4 aliphatic rings. The van der Waals surface area contributed by atoms with E-state index in [0.29, 0.717) is 22.3 Å². The lowest BCUT2D eigenvalue weighted by Crippen LogP contribution is -2.59. The molecule has 0 saturated carbocycles. The maximum Gasteiger partial charge on any atom is 0.343 e. The number of sulfone groups is 2. The second kappa shape index (κ2) is 23.5. The molecule has 0 spiro atoms. The van der Waals surface area contributed by atoms with Crippen LogP contribution in [0.1, 0.15) is 94.3 Å². The molecule has 0 radical (unpaired) electrons. The fourth-order valence-corrected chi connectivity index (χ4v) is 14.9. The van der Waals surface area contributed by atoms with Gasteiger partial charge in [-0.2, -0.15) is 0 Å². The summed E-state index contributed by atoms with van der Waals surface area (Å²) in [4.78, 5) is 102. The Morgan fingerprint density at radius 3 is 1.33 bits per heavy atom. The molecule has 5 aromatic carbocycles. The van der Waals surface area contributed by atoms with Crippen LogP contribution < -0.4 is 4.74 Å². The molecule has 87 heavy (non-hydrogen) atoms. The first-order valence-corrected chi connectivity index (χ1v) is 29.7. The van der Waals surface area contributed by atoms with Gasteiger partial charge in [0.2, 0.25) is 5.91 Å². The number of hydrogen-bond acceptors (Lipinski definition) is 17. The van der Waals surface area contributed by atoms with Crippen LogP contribution in [0.4, 0.5) is 5.69 Å². The van der Waals surface area contributed by atoms with Gasteiger partial charge in [0.25, 0.3) is 17.5 Å². The topological polar surface area (TPSA) is 323 Å². The summed E-state index contributed by atoms with van der Waals surface area (Å²) in [5.74, 6) is -4.63. The molecular formula is C62H50N8O15S2. The number of rotatable bonds is 14.